The van der Waals surface area contributed by atoms with Crippen molar-refractivity contribution in [3.63, 3.8) is 0 Å². The van der Waals surface area contributed by atoms with Gasteiger partial charge in [0.15, 0.2) is 0 Å². The Kier molecular flexibility index (Phi) is 4.59. The molecule has 0 aromatic heterocycles. The van der Waals surface area contributed by atoms with Crippen molar-refractivity contribution in [1.82, 2.24) is 10.2 Å². The van der Waals surface area contributed by atoms with E-state index in [2.05, 4.69) is 10.6 Å². The number of amides is 4. The number of carbonyl (C=O) groups is 4. The minimum Gasteiger partial charge on any atom is -0.349 e. The van der Waals surface area contributed by atoms with Crippen LogP contribution in [-0.4, -0.2) is 41.1 Å². The average Bonchev–Trinajstić information content (AvgIpc) is 3.31. The average molecular weight is 329 g/mol. The third kappa shape index (κ3) is 3.98. The van der Waals surface area contributed by atoms with Gasteiger partial charge in [-0.2, -0.15) is 0 Å². The Bertz CT molecular complexity index is 664. The van der Waals surface area contributed by atoms with E-state index in [9.17, 15) is 19.2 Å². The Morgan fingerprint density at radius 3 is 2.25 bits per heavy atom. The molecule has 0 spiro atoms. The number of nitrogens with zero attached hydrogens (tertiary/aromatic N) is 1. The first-order valence-electron chi connectivity index (χ1n) is 8.07. The van der Waals surface area contributed by atoms with Crippen molar-refractivity contribution < 1.29 is 19.2 Å². The number of hydrogen-bond donors (Lipinski definition) is 2. The number of hydrogen-bond acceptors (Lipinski definition) is 4. The summed E-state index contributed by atoms with van der Waals surface area (Å²) in [4.78, 5) is 47.9. The number of carbonyl (C=O) groups excluding carboxylic acids is 4. The van der Waals surface area contributed by atoms with Gasteiger partial charge >= 0.3 is 0 Å². The Labute approximate surface area is 139 Å². The number of likely N-dealkylation sites (tertiary alicyclic amines) is 1. The smallest absolute Gasteiger partial charge is 0.251 e. The van der Waals surface area contributed by atoms with Crippen LogP contribution in [0.15, 0.2) is 24.3 Å². The SMILES string of the molecule is O=C(CCN1C(=O)CCC1=O)Nc1ccc(C(=O)NC2CC2)cc1. The van der Waals surface area contributed by atoms with Crippen LogP contribution in [0.25, 0.3) is 0 Å². The molecule has 0 atom stereocenters. The Hall–Kier alpha value is -2.70. The lowest BCUT2D eigenvalue weighted by Gasteiger charge is -2.13. The number of imide groups is 1. The zero-order chi connectivity index (χ0) is 17.1. The predicted octanol–water partition coefficient (Wildman–Crippen LogP) is 1.06. The zero-order valence-corrected chi connectivity index (χ0v) is 13.2. The fraction of sp³-hybridized carbons (Fsp3) is 0.412. The molecule has 7 heteroatoms. The summed E-state index contributed by atoms with van der Waals surface area (Å²) in [5.74, 6) is -0.836. The van der Waals surface area contributed by atoms with Gasteiger partial charge in [-0.1, -0.05) is 0 Å². The van der Waals surface area contributed by atoms with Crippen LogP contribution < -0.4 is 10.6 Å². The largest absolute Gasteiger partial charge is 0.349 e. The van der Waals surface area contributed by atoms with Gasteiger partial charge in [0.1, 0.15) is 0 Å². The van der Waals surface area contributed by atoms with E-state index in [0.29, 0.717) is 17.3 Å². The fourth-order valence-corrected chi connectivity index (χ4v) is 2.51. The minimum atomic E-state index is -0.280. The summed E-state index contributed by atoms with van der Waals surface area (Å²) in [6.07, 6.45) is 2.57. The number of nitrogens with one attached hydrogen (secondary N) is 2. The second-order valence-electron chi connectivity index (χ2n) is 6.06. The van der Waals surface area contributed by atoms with Gasteiger partial charge in [0, 0.05) is 43.1 Å². The predicted molar refractivity (Wildman–Crippen MR) is 86.1 cm³/mol. The first-order chi connectivity index (χ1) is 11.5. The van der Waals surface area contributed by atoms with E-state index < -0.39 is 0 Å². The summed E-state index contributed by atoms with van der Waals surface area (Å²) >= 11 is 0. The minimum absolute atomic E-state index is 0.0569. The molecular weight excluding hydrogens is 310 g/mol. The van der Waals surface area contributed by atoms with Crippen LogP contribution in [0.2, 0.25) is 0 Å². The van der Waals surface area contributed by atoms with Crippen LogP contribution in [0.1, 0.15) is 42.5 Å². The molecule has 24 heavy (non-hydrogen) atoms. The van der Waals surface area contributed by atoms with E-state index in [1.807, 2.05) is 0 Å². The third-order valence-electron chi connectivity index (χ3n) is 4.06. The van der Waals surface area contributed by atoms with Crippen molar-refractivity contribution in [3.05, 3.63) is 29.8 Å². The molecule has 2 fully saturated rings. The zero-order valence-electron chi connectivity index (χ0n) is 13.2. The molecule has 1 aliphatic heterocycles. The Balaban J connectivity index is 1.48. The lowest BCUT2D eigenvalue weighted by Crippen LogP contribution is -2.32. The normalized spacial score (nSPS) is 17.1. The molecule has 0 bridgehead atoms. The van der Waals surface area contributed by atoms with E-state index in [0.717, 1.165) is 17.7 Å². The van der Waals surface area contributed by atoms with Gasteiger partial charge in [-0.05, 0) is 37.1 Å². The maximum atomic E-state index is 11.9. The summed E-state index contributed by atoms with van der Waals surface area (Å²) in [5.41, 5.74) is 1.12. The summed E-state index contributed by atoms with van der Waals surface area (Å²) in [6, 6.07) is 6.92. The molecule has 1 saturated heterocycles. The van der Waals surface area contributed by atoms with E-state index >= 15 is 0 Å². The first kappa shape index (κ1) is 16.2. The molecule has 0 unspecified atom stereocenters. The standard InChI is InChI=1S/C17H19N3O4/c21-14(9-10-20-15(22)7-8-16(20)23)18-12-3-1-11(2-4-12)17(24)19-13-5-6-13/h1-4,13H,5-10H2,(H,18,21)(H,19,24). The van der Waals surface area contributed by atoms with Crippen LogP contribution >= 0.6 is 0 Å². The number of benzene rings is 1. The summed E-state index contributed by atoms with van der Waals surface area (Å²) in [7, 11) is 0. The second-order valence-corrected chi connectivity index (χ2v) is 6.06. The third-order valence-corrected chi connectivity index (χ3v) is 4.06. The maximum Gasteiger partial charge on any atom is 0.251 e. The highest BCUT2D eigenvalue weighted by Gasteiger charge is 2.28. The van der Waals surface area contributed by atoms with E-state index in [-0.39, 0.29) is 49.4 Å². The number of anilines is 1. The molecule has 1 aliphatic carbocycles. The van der Waals surface area contributed by atoms with Crippen molar-refractivity contribution in [2.75, 3.05) is 11.9 Å². The van der Waals surface area contributed by atoms with Gasteiger partial charge < -0.3 is 10.6 Å². The van der Waals surface area contributed by atoms with Crippen molar-refractivity contribution in [2.24, 2.45) is 0 Å². The van der Waals surface area contributed by atoms with Gasteiger partial charge in [0.25, 0.3) is 5.91 Å². The van der Waals surface area contributed by atoms with Crippen LogP contribution in [0.3, 0.4) is 0 Å². The molecule has 1 aromatic rings. The van der Waals surface area contributed by atoms with Crippen molar-refractivity contribution in [3.8, 4) is 0 Å². The topological polar surface area (TPSA) is 95.6 Å². The van der Waals surface area contributed by atoms with Crippen LogP contribution in [-0.2, 0) is 14.4 Å². The van der Waals surface area contributed by atoms with E-state index in [4.69, 9.17) is 0 Å². The summed E-state index contributed by atoms with van der Waals surface area (Å²) in [5, 5.41) is 5.59. The van der Waals surface area contributed by atoms with Gasteiger partial charge in [-0.3, -0.25) is 24.1 Å². The summed E-state index contributed by atoms with van der Waals surface area (Å²) in [6.45, 7) is 0.103. The first-order valence-corrected chi connectivity index (χ1v) is 8.07. The highest BCUT2D eigenvalue weighted by Crippen LogP contribution is 2.19. The monoisotopic (exact) mass is 329 g/mol. The van der Waals surface area contributed by atoms with E-state index in [1.54, 1.807) is 24.3 Å². The van der Waals surface area contributed by atoms with Gasteiger partial charge in [-0.25, -0.2) is 0 Å². The highest BCUT2D eigenvalue weighted by molar-refractivity contribution is 6.02. The molecule has 2 N–H and O–H groups in total. The molecule has 2 aliphatic rings. The van der Waals surface area contributed by atoms with Gasteiger partial charge in [0.05, 0.1) is 0 Å². The molecule has 3 rings (SSSR count). The lowest BCUT2D eigenvalue weighted by atomic mass is 10.2. The number of rotatable bonds is 6. The van der Waals surface area contributed by atoms with Crippen molar-refractivity contribution in [1.29, 1.82) is 0 Å². The van der Waals surface area contributed by atoms with Crippen molar-refractivity contribution in [2.45, 2.75) is 38.1 Å². The maximum absolute atomic E-state index is 11.9. The van der Waals surface area contributed by atoms with Gasteiger partial charge in [0.2, 0.25) is 17.7 Å². The van der Waals surface area contributed by atoms with Crippen LogP contribution in [0.4, 0.5) is 5.69 Å². The molecular formula is C17H19N3O4. The lowest BCUT2D eigenvalue weighted by molar-refractivity contribution is -0.138. The molecule has 1 saturated carbocycles. The molecule has 7 nitrogen and oxygen atoms in total. The van der Waals surface area contributed by atoms with E-state index in [1.165, 1.54) is 0 Å². The molecule has 126 valence electrons. The quantitative estimate of drug-likeness (QED) is 0.763. The second kappa shape index (κ2) is 6.82. The fourth-order valence-electron chi connectivity index (χ4n) is 2.51. The van der Waals surface area contributed by atoms with Crippen molar-refractivity contribution >= 4 is 29.3 Å². The highest BCUT2D eigenvalue weighted by atomic mass is 16.2. The van der Waals surface area contributed by atoms with Crippen LogP contribution in [0.5, 0.6) is 0 Å². The Morgan fingerprint density at radius 2 is 1.67 bits per heavy atom. The summed E-state index contributed by atoms with van der Waals surface area (Å²) < 4.78 is 0. The van der Waals surface area contributed by atoms with Crippen LogP contribution in [0, 0.1) is 0 Å². The van der Waals surface area contributed by atoms with Gasteiger partial charge in [-0.15, -0.1) is 0 Å². The Morgan fingerprint density at radius 1 is 1.04 bits per heavy atom. The molecule has 1 heterocycles. The molecule has 4 amide bonds. The molecule has 1 aromatic carbocycles. The molecule has 0 radical (unpaired) electrons.